The highest BCUT2D eigenvalue weighted by Gasteiger charge is 2.20. The summed E-state index contributed by atoms with van der Waals surface area (Å²) in [7, 11) is 0. The number of rotatable bonds is 6. The zero-order valence-electron chi connectivity index (χ0n) is 10.3. The fraction of sp³-hybridized carbons (Fsp3) is 0.300. The van der Waals surface area contributed by atoms with E-state index in [4.69, 9.17) is 5.73 Å². The molecule has 0 aliphatic heterocycles. The average Bonchev–Trinajstić information content (AvgIpc) is 2.67. The van der Waals surface area contributed by atoms with Crippen molar-refractivity contribution in [2.45, 2.75) is 20.3 Å². The van der Waals surface area contributed by atoms with Gasteiger partial charge in [0, 0.05) is 6.92 Å². The van der Waals surface area contributed by atoms with Crippen LogP contribution in [0.25, 0.3) is 0 Å². The van der Waals surface area contributed by atoms with Gasteiger partial charge >= 0.3 is 0 Å². The van der Waals surface area contributed by atoms with Gasteiger partial charge in [0.2, 0.25) is 16.8 Å². The molecule has 102 valence electrons. The number of nitrogens with two attached hydrogens (primary N) is 1. The van der Waals surface area contributed by atoms with E-state index in [0.717, 1.165) is 11.3 Å². The number of Topliss-reactive ketones (excluding diaryl/α,β-unsaturated/α-hetero) is 2. The molecule has 0 saturated carbocycles. The number of nitrogens with one attached hydrogen (secondary N) is 2. The molecule has 0 aromatic carbocycles. The zero-order chi connectivity index (χ0) is 14.6. The van der Waals surface area contributed by atoms with Crippen molar-refractivity contribution in [2.75, 3.05) is 5.43 Å². The quantitative estimate of drug-likeness (QED) is 0.280. The molecule has 1 heterocycles. The molecular formula is C10H12N4O4S. The molecule has 0 radical (unpaired) electrons. The number of amides is 2. The summed E-state index contributed by atoms with van der Waals surface area (Å²) in [6.45, 7) is 2.89. The van der Waals surface area contributed by atoms with E-state index in [0.29, 0.717) is 10.8 Å². The Bertz CT molecular complexity index is 552. The fourth-order valence-electron chi connectivity index (χ4n) is 1.16. The molecule has 0 atom stereocenters. The van der Waals surface area contributed by atoms with E-state index in [2.05, 4.69) is 15.8 Å². The molecular weight excluding hydrogens is 272 g/mol. The molecule has 0 unspecified atom stereocenters. The van der Waals surface area contributed by atoms with Crippen LogP contribution in [0.5, 0.6) is 0 Å². The van der Waals surface area contributed by atoms with Gasteiger partial charge in [-0.1, -0.05) is 11.3 Å². The number of anilines is 1. The van der Waals surface area contributed by atoms with E-state index in [1.165, 1.54) is 6.92 Å². The predicted octanol–water partition coefficient (Wildman–Crippen LogP) is -0.458. The number of aromatic nitrogens is 1. The summed E-state index contributed by atoms with van der Waals surface area (Å²) in [5.41, 5.74) is 10.00. The van der Waals surface area contributed by atoms with E-state index in [1.54, 1.807) is 6.92 Å². The van der Waals surface area contributed by atoms with Gasteiger partial charge in [-0.05, 0) is 6.92 Å². The average molecular weight is 284 g/mol. The normalized spacial score (nSPS) is 9.79. The molecule has 1 aromatic rings. The van der Waals surface area contributed by atoms with Crippen LogP contribution in [0.4, 0.5) is 5.13 Å². The molecule has 0 aliphatic carbocycles. The maximum atomic E-state index is 11.8. The van der Waals surface area contributed by atoms with Crippen molar-refractivity contribution >= 4 is 39.8 Å². The Balaban J connectivity index is 2.78. The maximum Gasteiger partial charge on any atom is 0.285 e. The third kappa shape index (κ3) is 4.14. The van der Waals surface area contributed by atoms with Gasteiger partial charge < -0.3 is 5.73 Å². The van der Waals surface area contributed by atoms with Crippen molar-refractivity contribution in [3.05, 3.63) is 10.6 Å². The number of hydrogen-bond acceptors (Lipinski definition) is 7. The number of hydrogen-bond donors (Lipinski definition) is 3. The number of aryl methyl sites for hydroxylation is 1. The highest BCUT2D eigenvalue weighted by Crippen LogP contribution is 2.23. The van der Waals surface area contributed by atoms with Crippen LogP contribution in [-0.2, 0) is 14.4 Å². The van der Waals surface area contributed by atoms with Gasteiger partial charge in [-0.3, -0.25) is 30.0 Å². The van der Waals surface area contributed by atoms with Crippen molar-refractivity contribution < 1.29 is 19.2 Å². The molecule has 9 heteroatoms. The maximum absolute atomic E-state index is 11.8. The fourth-order valence-corrected chi connectivity index (χ4v) is 2.02. The summed E-state index contributed by atoms with van der Waals surface area (Å²) in [5, 5.41) is 0.308. The third-order valence-electron chi connectivity index (χ3n) is 1.99. The Labute approximate surface area is 112 Å². The topological polar surface area (TPSA) is 131 Å². The lowest BCUT2D eigenvalue weighted by Crippen LogP contribution is -2.26. The number of nitrogens with zero attached hydrogens (tertiary/aromatic N) is 1. The van der Waals surface area contributed by atoms with Crippen LogP contribution in [0.2, 0.25) is 0 Å². The van der Waals surface area contributed by atoms with E-state index in [9.17, 15) is 19.2 Å². The second kappa shape index (κ2) is 6.05. The van der Waals surface area contributed by atoms with Gasteiger partial charge in [-0.25, -0.2) is 4.98 Å². The lowest BCUT2D eigenvalue weighted by Gasteiger charge is -2.00. The van der Waals surface area contributed by atoms with Crippen LogP contribution in [0, 0.1) is 6.92 Å². The molecule has 0 aliphatic rings. The monoisotopic (exact) mass is 284 g/mol. The summed E-state index contributed by atoms with van der Waals surface area (Å²) in [5.74, 6) is -2.94. The first-order chi connectivity index (χ1) is 8.81. The predicted molar refractivity (Wildman–Crippen MR) is 67.4 cm³/mol. The molecule has 0 saturated heterocycles. The smallest absolute Gasteiger partial charge is 0.285 e. The van der Waals surface area contributed by atoms with E-state index >= 15 is 0 Å². The van der Waals surface area contributed by atoms with Crippen LogP contribution in [-0.4, -0.2) is 28.4 Å². The Morgan fingerprint density at radius 2 is 1.95 bits per heavy atom. The van der Waals surface area contributed by atoms with Crippen molar-refractivity contribution in [1.82, 2.24) is 10.4 Å². The van der Waals surface area contributed by atoms with Crippen LogP contribution in [0.1, 0.15) is 28.7 Å². The first kappa shape index (κ1) is 14.8. The number of thiazole rings is 1. The van der Waals surface area contributed by atoms with Gasteiger partial charge in [-0.2, -0.15) is 0 Å². The number of primary amides is 1. The van der Waals surface area contributed by atoms with E-state index in [1.807, 2.05) is 0 Å². The lowest BCUT2D eigenvalue weighted by atomic mass is 10.1. The van der Waals surface area contributed by atoms with Gasteiger partial charge in [0.1, 0.15) is 0 Å². The van der Waals surface area contributed by atoms with Gasteiger partial charge in [0.25, 0.3) is 5.91 Å². The van der Waals surface area contributed by atoms with Gasteiger partial charge in [0.05, 0.1) is 17.0 Å². The van der Waals surface area contributed by atoms with Crippen molar-refractivity contribution in [3.63, 3.8) is 0 Å². The molecule has 4 N–H and O–H groups in total. The molecule has 0 bridgehead atoms. The Morgan fingerprint density at radius 3 is 2.47 bits per heavy atom. The molecule has 8 nitrogen and oxygen atoms in total. The third-order valence-corrected chi connectivity index (χ3v) is 3.11. The SMILES string of the molecule is CC(=O)NNc1nc(C)c(C(=O)CC(=O)C(N)=O)s1. The number of hydrazine groups is 1. The first-order valence-corrected chi connectivity index (χ1v) is 5.98. The molecule has 2 amide bonds. The first-order valence-electron chi connectivity index (χ1n) is 5.17. The standard InChI is InChI=1S/C10H12N4O4S/c1-4-8(6(16)3-7(17)9(11)18)19-10(12-4)14-13-5(2)15/h3H2,1-2H3,(H2,11,18)(H,12,14)(H,13,15). The zero-order valence-corrected chi connectivity index (χ0v) is 11.1. The lowest BCUT2D eigenvalue weighted by molar-refractivity contribution is -0.135. The van der Waals surface area contributed by atoms with E-state index < -0.39 is 23.9 Å². The van der Waals surface area contributed by atoms with Crippen LogP contribution in [0.3, 0.4) is 0 Å². The Morgan fingerprint density at radius 1 is 1.32 bits per heavy atom. The summed E-state index contributed by atoms with van der Waals surface area (Å²) in [4.78, 5) is 48.4. The minimum Gasteiger partial charge on any atom is -0.363 e. The largest absolute Gasteiger partial charge is 0.363 e. The van der Waals surface area contributed by atoms with Gasteiger partial charge in [-0.15, -0.1) is 0 Å². The second-order valence-electron chi connectivity index (χ2n) is 3.63. The summed E-state index contributed by atoms with van der Waals surface area (Å²) in [6, 6.07) is 0. The molecule has 0 spiro atoms. The van der Waals surface area contributed by atoms with Crippen molar-refractivity contribution in [2.24, 2.45) is 5.73 Å². The molecule has 0 fully saturated rings. The summed E-state index contributed by atoms with van der Waals surface area (Å²) >= 11 is 0.972. The highest BCUT2D eigenvalue weighted by atomic mass is 32.1. The summed E-state index contributed by atoms with van der Waals surface area (Å²) < 4.78 is 0. The van der Waals surface area contributed by atoms with Crippen LogP contribution < -0.4 is 16.6 Å². The minimum atomic E-state index is -1.15. The second-order valence-corrected chi connectivity index (χ2v) is 4.63. The molecule has 19 heavy (non-hydrogen) atoms. The highest BCUT2D eigenvalue weighted by molar-refractivity contribution is 7.17. The van der Waals surface area contributed by atoms with Crippen molar-refractivity contribution in [1.29, 1.82) is 0 Å². The van der Waals surface area contributed by atoms with Crippen LogP contribution in [0.15, 0.2) is 0 Å². The Hall–Kier alpha value is -2.29. The Kier molecular flexibility index (Phi) is 4.70. The number of ketones is 2. The minimum absolute atomic E-state index is 0.238. The van der Waals surface area contributed by atoms with E-state index in [-0.39, 0.29) is 10.8 Å². The van der Waals surface area contributed by atoms with Crippen molar-refractivity contribution in [3.8, 4) is 0 Å². The molecule has 1 aromatic heterocycles. The number of carbonyl (C=O) groups is 4. The summed E-state index contributed by atoms with van der Waals surface area (Å²) in [6.07, 6.45) is -0.585. The number of carbonyl (C=O) groups excluding carboxylic acids is 4. The molecule has 1 rings (SSSR count). The van der Waals surface area contributed by atoms with Crippen LogP contribution >= 0.6 is 11.3 Å². The van der Waals surface area contributed by atoms with Gasteiger partial charge in [0.15, 0.2) is 5.78 Å².